The molecule has 4 aliphatic heterocycles. The zero-order valence-electron chi connectivity index (χ0n) is 23.9. The van der Waals surface area contributed by atoms with E-state index >= 15 is 0 Å². The maximum absolute atomic E-state index is 14.5. The van der Waals surface area contributed by atoms with Gasteiger partial charge in [0.15, 0.2) is 0 Å². The molecular weight excluding hydrogens is 526 g/mol. The molecule has 9 heteroatoms. The highest BCUT2D eigenvalue weighted by Crippen LogP contribution is 2.65. The van der Waals surface area contributed by atoms with E-state index < -0.39 is 27.4 Å². The summed E-state index contributed by atoms with van der Waals surface area (Å²) in [4.78, 5) is 48.4. The van der Waals surface area contributed by atoms with Crippen LogP contribution in [0.25, 0.3) is 0 Å². The van der Waals surface area contributed by atoms with E-state index in [-0.39, 0.29) is 30.4 Å². The van der Waals surface area contributed by atoms with Crippen molar-refractivity contribution in [1.82, 2.24) is 9.80 Å². The van der Waals surface area contributed by atoms with Crippen LogP contribution in [-0.2, 0) is 14.4 Å². The van der Waals surface area contributed by atoms with Gasteiger partial charge in [0.1, 0.15) is 11.8 Å². The number of carbonyl (C=O) groups is 3. The lowest BCUT2D eigenvalue weighted by Gasteiger charge is -2.37. The van der Waals surface area contributed by atoms with Crippen LogP contribution >= 0.6 is 11.8 Å². The lowest BCUT2D eigenvalue weighted by molar-refractivity contribution is -0.143. The molecule has 0 radical (unpaired) electrons. The van der Waals surface area contributed by atoms with E-state index in [4.69, 9.17) is 4.74 Å². The van der Waals surface area contributed by atoms with Crippen molar-refractivity contribution in [2.45, 2.75) is 68.5 Å². The first kappa shape index (κ1) is 28.7. The van der Waals surface area contributed by atoms with E-state index in [1.807, 2.05) is 69.0 Å². The fourth-order valence-electron chi connectivity index (χ4n) is 6.94. The maximum atomic E-state index is 14.5. The third kappa shape index (κ3) is 4.65. The molecule has 40 heavy (non-hydrogen) atoms. The van der Waals surface area contributed by atoms with Gasteiger partial charge in [0, 0.05) is 42.7 Å². The zero-order chi connectivity index (χ0) is 28.7. The highest BCUT2D eigenvalue weighted by Gasteiger charge is 2.73. The molecule has 1 N–H and O–H groups in total. The Hall–Kier alpha value is -2.78. The Labute approximate surface area is 241 Å². The molecular formula is C31H41N3O5S. The van der Waals surface area contributed by atoms with Crippen LogP contribution in [0.15, 0.2) is 48.6 Å². The minimum Gasteiger partial charge on any atom is -0.494 e. The lowest BCUT2D eigenvalue weighted by Crippen LogP contribution is -2.54. The smallest absolute Gasteiger partial charge is 0.247 e. The second-order valence-electron chi connectivity index (χ2n) is 11.6. The van der Waals surface area contributed by atoms with Crippen molar-refractivity contribution < 1.29 is 24.2 Å². The largest absolute Gasteiger partial charge is 0.494 e. The van der Waals surface area contributed by atoms with E-state index in [0.717, 1.165) is 17.9 Å². The summed E-state index contributed by atoms with van der Waals surface area (Å²) in [5, 5.41) is 9.27. The van der Waals surface area contributed by atoms with Gasteiger partial charge < -0.3 is 24.5 Å². The summed E-state index contributed by atoms with van der Waals surface area (Å²) in [6.45, 7) is 9.97. The monoisotopic (exact) mass is 567 g/mol. The van der Waals surface area contributed by atoms with Gasteiger partial charge in [0.25, 0.3) is 0 Å². The van der Waals surface area contributed by atoms with Crippen LogP contribution in [0.3, 0.4) is 0 Å². The first-order valence-corrected chi connectivity index (χ1v) is 15.3. The number of thioether (sulfide) groups is 1. The number of carbonyl (C=O) groups excluding carboxylic acids is 3. The van der Waals surface area contributed by atoms with E-state index in [1.54, 1.807) is 21.6 Å². The summed E-state index contributed by atoms with van der Waals surface area (Å²) in [5.74, 6) is -0.793. The third-order valence-corrected chi connectivity index (χ3v) is 10.5. The average molecular weight is 568 g/mol. The molecule has 3 amide bonds. The quantitative estimate of drug-likeness (QED) is 0.362. The van der Waals surface area contributed by atoms with Gasteiger partial charge in [-0.05, 0) is 71.2 Å². The van der Waals surface area contributed by atoms with Crippen LogP contribution < -0.4 is 9.64 Å². The predicted molar refractivity (Wildman–Crippen MR) is 157 cm³/mol. The number of amides is 3. The molecule has 2 fully saturated rings. The SMILES string of the molecule is CCOc1ccc(N2CC=C[C@]3(C)S[C@]45C=CCN(C(C)C)C(=O)C4N(CCCCCO)C(=O)[C@@H]5[C@@H]3C2=O)cc1. The van der Waals surface area contributed by atoms with Crippen LogP contribution in [0.5, 0.6) is 5.75 Å². The Bertz CT molecular complexity index is 1200. The molecule has 8 nitrogen and oxygen atoms in total. The second-order valence-corrected chi connectivity index (χ2v) is 13.4. The summed E-state index contributed by atoms with van der Waals surface area (Å²) in [6.07, 6.45) is 10.3. The van der Waals surface area contributed by atoms with E-state index in [9.17, 15) is 19.5 Å². The molecule has 4 aliphatic rings. The van der Waals surface area contributed by atoms with E-state index in [2.05, 4.69) is 12.2 Å². The molecule has 0 saturated carbocycles. The first-order chi connectivity index (χ1) is 19.2. The molecule has 0 aliphatic carbocycles. The zero-order valence-corrected chi connectivity index (χ0v) is 24.7. The van der Waals surface area contributed by atoms with Crippen molar-refractivity contribution in [1.29, 1.82) is 0 Å². The van der Waals surface area contributed by atoms with E-state index in [1.165, 1.54) is 0 Å². The molecule has 0 aromatic heterocycles. The topological polar surface area (TPSA) is 90.4 Å². The molecule has 1 aromatic carbocycles. The van der Waals surface area contributed by atoms with Gasteiger partial charge >= 0.3 is 0 Å². The van der Waals surface area contributed by atoms with Gasteiger partial charge in [-0.2, -0.15) is 0 Å². The Morgan fingerprint density at radius 2 is 1.70 bits per heavy atom. The number of rotatable bonds is 9. The number of hydrogen-bond acceptors (Lipinski definition) is 6. The molecule has 5 rings (SSSR count). The number of aliphatic hydroxyl groups is 1. The first-order valence-electron chi connectivity index (χ1n) is 14.5. The van der Waals surface area contributed by atoms with Crippen LogP contribution in [0, 0.1) is 11.8 Å². The standard InChI is InChI=1S/C31H41N3O5S/c1-5-39-23-13-11-22(12-14-23)33-19-9-15-30(4)24(27(33)36)25-28(37)34(17-7-6-8-20-35)26-29(38)32(21(2)3)18-10-16-31(25,26)40-30/h9-16,21,24-26,35H,5-8,17-20H2,1-4H3/t24-,25+,26?,30+,31+/m1/s1. The van der Waals surface area contributed by atoms with Gasteiger partial charge in [-0.3, -0.25) is 14.4 Å². The summed E-state index contributed by atoms with van der Waals surface area (Å²) in [5.41, 5.74) is 0.759. The highest BCUT2D eigenvalue weighted by atomic mass is 32.2. The van der Waals surface area contributed by atoms with Crippen LogP contribution in [0.1, 0.15) is 47.0 Å². The molecule has 1 unspecified atom stereocenters. The minimum atomic E-state index is -0.837. The number of likely N-dealkylation sites (tertiary alicyclic amines) is 1. The summed E-state index contributed by atoms with van der Waals surface area (Å²) >= 11 is 1.61. The van der Waals surface area contributed by atoms with Gasteiger partial charge in [-0.25, -0.2) is 0 Å². The number of hydrogen-bond donors (Lipinski definition) is 1. The van der Waals surface area contributed by atoms with Crippen molar-refractivity contribution in [2.75, 3.05) is 37.7 Å². The molecule has 1 spiro atoms. The molecule has 2 saturated heterocycles. The number of anilines is 1. The Morgan fingerprint density at radius 3 is 2.38 bits per heavy atom. The summed E-state index contributed by atoms with van der Waals surface area (Å²) in [7, 11) is 0. The number of nitrogens with zero attached hydrogens (tertiary/aromatic N) is 3. The second kappa shape index (κ2) is 11.2. The van der Waals surface area contributed by atoms with Crippen LogP contribution in [0.4, 0.5) is 5.69 Å². The van der Waals surface area contributed by atoms with Gasteiger partial charge in [0.05, 0.1) is 23.2 Å². The van der Waals surface area contributed by atoms with Gasteiger partial charge in [0.2, 0.25) is 17.7 Å². The number of benzene rings is 1. The van der Waals surface area contributed by atoms with Crippen molar-refractivity contribution in [3.8, 4) is 5.75 Å². The fourth-order valence-corrected chi connectivity index (χ4v) is 9.09. The highest BCUT2D eigenvalue weighted by molar-refractivity contribution is 8.02. The van der Waals surface area contributed by atoms with Gasteiger partial charge in [-0.15, -0.1) is 11.8 Å². The fraction of sp³-hybridized carbons (Fsp3) is 0.581. The number of fused-ring (bicyclic) bond motifs is 2. The third-order valence-electron chi connectivity index (χ3n) is 8.73. The predicted octanol–water partition coefficient (Wildman–Crippen LogP) is 3.65. The molecule has 216 valence electrons. The Balaban J connectivity index is 1.55. The van der Waals surface area contributed by atoms with Crippen molar-refractivity contribution >= 4 is 35.2 Å². The van der Waals surface area contributed by atoms with Crippen LogP contribution in [0.2, 0.25) is 0 Å². The molecule has 1 aromatic rings. The minimum absolute atomic E-state index is 0.0122. The summed E-state index contributed by atoms with van der Waals surface area (Å²) < 4.78 is 4.11. The normalized spacial score (nSPS) is 31.4. The van der Waals surface area contributed by atoms with Crippen molar-refractivity contribution in [3.05, 3.63) is 48.6 Å². The molecule has 0 bridgehead atoms. The number of aliphatic hydroxyl groups excluding tert-OH is 1. The van der Waals surface area contributed by atoms with Crippen molar-refractivity contribution in [3.63, 3.8) is 0 Å². The maximum Gasteiger partial charge on any atom is 0.247 e. The van der Waals surface area contributed by atoms with E-state index in [0.29, 0.717) is 39.1 Å². The summed E-state index contributed by atoms with van der Waals surface area (Å²) in [6, 6.07) is 6.82. The average Bonchev–Trinajstić information content (AvgIpc) is 3.18. The van der Waals surface area contributed by atoms with Crippen molar-refractivity contribution in [2.24, 2.45) is 11.8 Å². The molecule has 4 heterocycles. The van der Waals surface area contributed by atoms with Gasteiger partial charge in [-0.1, -0.05) is 24.3 Å². The lowest BCUT2D eigenvalue weighted by atomic mass is 9.74. The Kier molecular flexibility index (Phi) is 8.08. The number of unbranched alkanes of at least 4 members (excludes halogenated alkanes) is 2. The Morgan fingerprint density at radius 1 is 0.975 bits per heavy atom. The molecule has 5 atom stereocenters. The number of ether oxygens (including phenoxy) is 1. The van der Waals surface area contributed by atoms with Crippen LogP contribution in [-0.4, -0.2) is 87.1 Å².